The molecular formula is C13H16BrNO5. The van der Waals surface area contributed by atoms with Crippen molar-refractivity contribution >= 4 is 27.8 Å². The number of carbonyl (C=O) groups excluding carboxylic acids is 1. The summed E-state index contributed by atoms with van der Waals surface area (Å²) in [6.07, 6.45) is 0.383. The van der Waals surface area contributed by atoms with Gasteiger partial charge in [-0.15, -0.1) is 0 Å². The Kier molecular flexibility index (Phi) is 6.30. The fraction of sp³-hybridized carbons (Fsp3) is 0.385. The predicted octanol–water partition coefficient (Wildman–Crippen LogP) is 2.06. The highest BCUT2D eigenvalue weighted by Gasteiger charge is 2.17. The Labute approximate surface area is 125 Å². The Balaban J connectivity index is 2.80. The number of carbonyl (C=O) groups is 2. The zero-order valence-electron chi connectivity index (χ0n) is 11.2. The third-order valence-electron chi connectivity index (χ3n) is 2.55. The molecule has 0 spiro atoms. The number of amides is 1. The molecule has 1 aromatic rings. The van der Waals surface area contributed by atoms with Crippen molar-refractivity contribution in [3.8, 4) is 11.5 Å². The second-order valence-electron chi connectivity index (χ2n) is 3.94. The Morgan fingerprint density at radius 2 is 2.00 bits per heavy atom. The van der Waals surface area contributed by atoms with Crippen LogP contribution in [0.3, 0.4) is 0 Å². The molecule has 1 rings (SSSR count). The Bertz CT molecular complexity index is 504. The summed E-state index contributed by atoms with van der Waals surface area (Å²) in [7, 11) is 2.97. The fourth-order valence-corrected chi connectivity index (χ4v) is 2.20. The van der Waals surface area contributed by atoms with E-state index in [0.29, 0.717) is 28.0 Å². The maximum absolute atomic E-state index is 12.1. The highest BCUT2D eigenvalue weighted by molar-refractivity contribution is 9.10. The lowest BCUT2D eigenvalue weighted by Crippen LogP contribution is -2.25. The number of carboxylic acids is 1. The van der Waals surface area contributed by atoms with Gasteiger partial charge in [-0.25, -0.2) is 0 Å². The lowest BCUT2D eigenvalue weighted by molar-refractivity contribution is -0.137. The number of nitrogens with one attached hydrogen (secondary N) is 1. The quantitative estimate of drug-likeness (QED) is 0.739. The topological polar surface area (TPSA) is 84.9 Å². The van der Waals surface area contributed by atoms with E-state index in [2.05, 4.69) is 21.2 Å². The minimum absolute atomic E-state index is 0.0131. The van der Waals surface area contributed by atoms with Crippen molar-refractivity contribution in [1.82, 2.24) is 5.32 Å². The lowest BCUT2D eigenvalue weighted by atomic mass is 10.1. The van der Waals surface area contributed by atoms with Gasteiger partial charge >= 0.3 is 5.97 Å². The Morgan fingerprint density at radius 1 is 1.30 bits per heavy atom. The summed E-state index contributed by atoms with van der Waals surface area (Å²) in [5.41, 5.74) is 0.328. The van der Waals surface area contributed by atoms with Crippen molar-refractivity contribution in [2.24, 2.45) is 0 Å². The van der Waals surface area contributed by atoms with Crippen LogP contribution in [0.25, 0.3) is 0 Å². The molecule has 0 atom stereocenters. The number of benzene rings is 1. The van der Waals surface area contributed by atoms with Gasteiger partial charge in [0.25, 0.3) is 5.91 Å². The number of halogens is 1. The summed E-state index contributed by atoms with van der Waals surface area (Å²) in [5.74, 6) is -0.303. The van der Waals surface area contributed by atoms with E-state index < -0.39 is 5.97 Å². The molecule has 1 aromatic carbocycles. The maximum Gasteiger partial charge on any atom is 0.303 e. The van der Waals surface area contributed by atoms with Gasteiger partial charge in [-0.1, -0.05) is 0 Å². The van der Waals surface area contributed by atoms with Gasteiger partial charge in [-0.3, -0.25) is 9.59 Å². The Morgan fingerprint density at radius 3 is 2.55 bits per heavy atom. The fourth-order valence-electron chi connectivity index (χ4n) is 1.60. The number of methoxy groups -OCH3 is 2. The number of hydrogen-bond donors (Lipinski definition) is 2. The molecule has 0 bridgehead atoms. The zero-order valence-corrected chi connectivity index (χ0v) is 12.8. The highest BCUT2D eigenvalue weighted by atomic mass is 79.9. The third kappa shape index (κ3) is 4.41. The van der Waals surface area contributed by atoms with Gasteiger partial charge in [0, 0.05) is 13.0 Å². The highest BCUT2D eigenvalue weighted by Crippen LogP contribution is 2.33. The first kappa shape index (κ1) is 16.3. The molecule has 20 heavy (non-hydrogen) atoms. The largest absolute Gasteiger partial charge is 0.497 e. The summed E-state index contributed by atoms with van der Waals surface area (Å²) in [6, 6.07) is 3.26. The minimum atomic E-state index is -0.888. The minimum Gasteiger partial charge on any atom is -0.497 e. The van der Waals surface area contributed by atoms with Crippen molar-refractivity contribution < 1.29 is 24.2 Å². The van der Waals surface area contributed by atoms with E-state index in [1.807, 2.05) is 0 Å². The van der Waals surface area contributed by atoms with Crippen molar-refractivity contribution in [2.45, 2.75) is 12.8 Å². The van der Waals surface area contributed by atoms with Gasteiger partial charge in [0.05, 0.1) is 24.3 Å². The van der Waals surface area contributed by atoms with Crippen LogP contribution < -0.4 is 14.8 Å². The monoisotopic (exact) mass is 345 g/mol. The molecule has 0 saturated heterocycles. The van der Waals surface area contributed by atoms with Crippen molar-refractivity contribution in [3.05, 3.63) is 22.2 Å². The third-order valence-corrected chi connectivity index (χ3v) is 3.14. The lowest BCUT2D eigenvalue weighted by Gasteiger charge is -2.12. The maximum atomic E-state index is 12.1. The summed E-state index contributed by atoms with van der Waals surface area (Å²) < 4.78 is 10.9. The predicted molar refractivity (Wildman–Crippen MR) is 76.4 cm³/mol. The second kappa shape index (κ2) is 7.74. The molecule has 110 valence electrons. The zero-order chi connectivity index (χ0) is 15.1. The first-order chi connectivity index (χ1) is 9.49. The number of ether oxygens (including phenoxy) is 2. The molecule has 0 aliphatic rings. The number of hydrogen-bond acceptors (Lipinski definition) is 4. The molecule has 7 heteroatoms. The molecular weight excluding hydrogens is 330 g/mol. The van der Waals surface area contributed by atoms with Crippen LogP contribution in [0.4, 0.5) is 0 Å². The summed E-state index contributed by atoms with van der Waals surface area (Å²) in [5, 5.41) is 11.2. The van der Waals surface area contributed by atoms with Crippen LogP contribution in [-0.2, 0) is 4.79 Å². The molecule has 1 amide bonds. The van der Waals surface area contributed by atoms with E-state index in [9.17, 15) is 9.59 Å². The molecule has 6 nitrogen and oxygen atoms in total. The molecule has 0 saturated carbocycles. The van der Waals surface area contributed by atoms with E-state index in [-0.39, 0.29) is 18.9 Å². The van der Waals surface area contributed by atoms with E-state index in [1.165, 1.54) is 14.2 Å². The summed E-state index contributed by atoms with van der Waals surface area (Å²) >= 11 is 3.31. The number of aliphatic carboxylic acids is 1. The van der Waals surface area contributed by atoms with Gasteiger partial charge in [0.2, 0.25) is 0 Å². The van der Waals surface area contributed by atoms with Gasteiger partial charge in [0.15, 0.2) is 0 Å². The van der Waals surface area contributed by atoms with Gasteiger partial charge in [-0.05, 0) is 34.5 Å². The molecule has 0 radical (unpaired) electrons. The SMILES string of the molecule is COc1cc(Br)c(OC)c(C(=O)NCCCC(=O)O)c1. The van der Waals surface area contributed by atoms with Crippen LogP contribution in [-0.4, -0.2) is 37.7 Å². The van der Waals surface area contributed by atoms with Crippen LogP contribution >= 0.6 is 15.9 Å². The van der Waals surface area contributed by atoms with E-state index in [1.54, 1.807) is 12.1 Å². The molecule has 0 aliphatic heterocycles. The van der Waals surface area contributed by atoms with Crippen LogP contribution in [0.2, 0.25) is 0 Å². The van der Waals surface area contributed by atoms with Gasteiger partial charge in [-0.2, -0.15) is 0 Å². The van der Waals surface area contributed by atoms with Gasteiger partial charge in [0.1, 0.15) is 11.5 Å². The van der Waals surface area contributed by atoms with E-state index >= 15 is 0 Å². The summed E-state index contributed by atoms with van der Waals surface area (Å²) in [4.78, 5) is 22.5. The number of rotatable bonds is 7. The van der Waals surface area contributed by atoms with Crippen LogP contribution in [0.5, 0.6) is 11.5 Å². The molecule has 0 fully saturated rings. The molecule has 0 unspecified atom stereocenters. The molecule has 0 aliphatic carbocycles. The van der Waals surface area contributed by atoms with E-state index in [4.69, 9.17) is 14.6 Å². The summed E-state index contributed by atoms with van der Waals surface area (Å²) in [6.45, 7) is 0.281. The van der Waals surface area contributed by atoms with Crippen molar-refractivity contribution in [3.63, 3.8) is 0 Å². The normalized spacial score (nSPS) is 9.95. The van der Waals surface area contributed by atoms with Crippen molar-refractivity contribution in [2.75, 3.05) is 20.8 Å². The van der Waals surface area contributed by atoms with Crippen LogP contribution in [0.15, 0.2) is 16.6 Å². The molecule has 0 aromatic heterocycles. The average Bonchev–Trinajstić information content (AvgIpc) is 2.42. The molecule has 0 heterocycles. The Hall–Kier alpha value is -1.76. The van der Waals surface area contributed by atoms with Crippen LogP contribution in [0, 0.1) is 0 Å². The first-order valence-corrected chi connectivity index (χ1v) is 6.70. The molecule has 2 N–H and O–H groups in total. The van der Waals surface area contributed by atoms with Crippen LogP contribution in [0.1, 0.15) is 23.2 Å². The second-order valence-corrected chi connectivity index (χ2v) is 4.80. The average molecular weight is 346 g/mol. The smallest absolute Gasteiger partial charge is 0.303 e. The standard InChI is InChI=1S/C13H16BrNO5/c1-19-8-6-9(12(20-2)10(14)7-8)13(18)15-5-3-4-11(16)17/h6-7H,3-5H2,1-2H3,(H,15,18)(H,16,17). The first-order valence-electron chi connectivity index (χ1n) is 5.91. The number of carboxylic acid groups (broad SMARTS) is 1. The van der Waals surface area contributed by atoms with Gasteiger partial charge < -0.3 is 19.9 Å². The van der Waals surface area contributed by atoms with Crippen molar-refractivity contribution in [1.29, 1.82) is 0 Å². The van der Waals surface area contributed by atoms with E-state index in [0.717, 1.165) is 0 Å².